The third-order valence-corrected chi connectivity index (χ3v) is 3.23. The predicted octanol–water partition coefficient (Wildman–Crippen LogP) is 1.25. The molecule has 18 heavy (non-hydrogen) atoms. The lowest BCUT2D eigenvalue weighted by molar-refractivity contribution is 0.775. The fourth-order valence-electron chi connectivity index (χ4n) is 2.20. The van der Waals surface area contributed by atoms with Gasteiger partial charge in [0, 0.05) is 19.6 Å². The molecule has 0 aromatic carbocycles. The van der Waals surface area contributed by atoms with Gasteiger partial charge in [0.1, 0.15) is 12.1 Å². The zero-order chi connectivity index (χ0) is 12.5. The van der Waals surface area contributed by atoms with Gasteiger partial charge < -0.3 is 4.90 Å². The van der Waals surface area contributed by atoms with Crippen LogP contribution in [-0.2, 0) is 7.05 Å². The molecule has 2 aromatic rings. The molecule has 0 aliphatic heterocycles. The smallest absolute Gasteiger partial charge is 0.163 e. The van der Waals surface area contributed by atoms with E-state index in [-0.39, 0.29) is 0 Å². The number of rotatable bonds is 4. The highest BCUT2D eigenvalue weighted by Crippen LogP contribution is 2.33. The topological polar surface area (TPSA) is 70.6 Å². The van der Waals surface area contributed by atoms with Gasteiger partial charge in [0.25, 0.3) is 0 Å². The molecule has 2 heterocycles. The number of aromatic nitrogens is 4. The molecule has 92 valence electrons. The Morgan fingerprint density at radius 3 is 3.06 bits per heavy atom. The van der Waals surface area contributed by atoms with E-state index in [9.17, 15) is 0 Å². The summed E-state index contributed by atoms with van der Waals surface area (Å²) in [4.78, 5) is 10.8. The van der Waals surface area contributed by atoms with Crippen molar-refractivity contribution in [2.24, 2.45) is 7.05 Å². The van der Waals surface area contributed by atoms with Crippen molar-refractivity contribution in [1.29, 1.82) is 5.26 Å². The molecular weight excluding hydrogens is 228 g/mol. The summed E-state index contributed by atoms with van der Waals surface area (Å²) in [6, 6.07) is 2.72. The molecule has 2 aromatic heterocycles. The van der Waals surface area contributed by atoms with Crippen LogP contribution in [0.3, 0.4) is 0 Å². The van der Waals surface area contributed by atoms with Crippen LogP contribution in [0.25, 0.3) is 11.0 Å². The lowest BCUT2D eigenvalue weighted by Crippen LogP contribution is -2.27. The van der Waals surface area contributed by atoms with E-state index in [4.69, 9.17) is 5.26 Å². The van der Waals surface area contributed by atoms with Crippen LogP contribution < -0.4 is 4.90 Å². The maximum Gasteiger partial charge on any atom is 0.163 e. The summed E-state index contributed by atoms with van der Waals surface area (Å²) >= 11 is 0. The van der Waals surface area contributed by atoms with Crippen LogP contribution in [0, 0.1) is 11.3 Å². The molecule has 0 amide bonds. The largest absolute Gasteiger partial charge is 0.352 e. The molecule has 0 spiro atoms. The molecule has 0 radical (unpaired) electrons. The van der Waals surface area contributed by atoms with Crippen molar-refractivity contribution in [2.75, 3.05) is 11.4 Å². The minimum absolute atomic E-state index is 0.516. The number of hydrogen-bond donors (Lipinski definition) is 0. The summed E-state index contributed by atoms with van der Waals surface area (Å²) < 4.78 is 1.75. The zero-order valence-corrected chi connectivity index (χ0v) is 10.2. The second-order valence-corrected chi connectivity index (χ2v) is 4.54. The minimum atomic E-state index is 0.516. The second-order valence-electron chi connectivity index (χ2n) is 4.54. The average molecular weight is 242 g/mol. The molecule has 1 saturated carbocycles. The number of aryl methyl sites for hydroxylation is 1. The van der Waals surface area contributed by atoms with Gasteiger partial charge in [0.05, 0.1) is 24.1 Å². The highest BCUT2D eigenvalue weighted by atomic mass is 15.3. The molecule has 6 nitrogen and oxygen atoms in total. The molecule has 6 heteroatoms. The molecule has 0 bridgehead atoms. The van der Waals surface area contributed by atoms with Crippen LogP contribution in [0.5, 0.6) is 0 Å². The van der Waals surface area contributed by atoms with E-state index < -0.39 is 0 Å². The molecule has 1 aliphatic rings. The van der Waals surface area contributed by atoms with Crippen LogP contribution >= 0.6 is 0 Å². The quantitative estimate of drug-likeness (QED) is 0.806. The van der Waals surface area contributed by atoms with Gasteiger partial charge in [0.2, 0.25) is 0 Å². The van der Waals surface area contributed by atoms with Crippen LogP contribution in [0.4, 0.5) is 5.82 Å². The number of nitrogens with zero attached hydrogens (tertiary/aromatic N) is 6. The van der Waals surface area contributed by atoms with Crippen molar-refractivity contribution in [3.8, 4) is 6.07 Å². The first kappa shape index (κ1) is 11.0. The first-order valence-corrected chi connectivity index (χ1v) is 6.07. The summed E-state index contributed by atoms with van der Waals surface area (Å²) in [7, 11) is 1.87. The summed E-state index contributed by atoms with van der Waals surface area (Å²) in [5.41, 5.74) is 0.836. The van der Waals surface area contributed by atoms with Crippen molar-refractivity contribution < 1.29 is 0 Å². The van der Waals surface area contributed by atoms with E-state index in [2.05, 4.69) is 26.0 Å². The van der Waals surface area contributed by atoms with Gasteiger partial charge >= 0.3 is 0 Å². The average Bonchev–Trinajstić information content (AvgIpc) is 3.15. The van der Waals surface area contributed by atoms with Gasteiger partial charge in [-0.1, -0.05) is 0 Å². The maximum atomic E-state index is 8.76. The number of fused-ring (bicyclic) bond motifs is 1. The van der Waals surface area contributed by atoms with Crippen LogP contribution in [0.15, 0.2) is 12.5 Å². The highest BCUT2D eigenvalue weighted by molar-refractivity contribution is 5.86. The monoisotopic (exact) mass is 242 g/mol. The Morgan fingerprint density at radius 2 is 2.33 bits per heavy atom. The Labute approximate surface area is 105 Å². The fourth-order valence-corrected chi connectivity index (χ4v) is 2.20. The van der Waals surface area contributed by atoms with Crippen molar-refractivity contribution in [1.82, 2.24) is 19.7 Å². The Bertz CT molecular complexity index is 607. The Kier molecular flexibility index (Phi) is 2.59. The second kappa shape index (κ2) is 4.26. The normalized spacial score (nSPS) is 14.7. The first-order valence-electron chi connectivity index (χ1n) is 6.07. The molecule has 3 rings (SSSR count). The van der Waals surface area contributed by atoms with Gasteiger partial charge in [-0.25, -0.2) is 9.97 Å². The SMILES string of the molecule is Cn1ncc2c(N(CCC#N)C3CC3)ncnc21. The lowest BCUT2D eigenvalue weighted by Gasteiger charge is -2.22. The van der Waals surface area contributed by atoms with Gasteiger partial charge in [-0.15, -0.1) is 0 Å². The maximum absolute atomic E-state index is 8.76. The molecule has 0 N–H and O–H groups in total. The molecule has 0 unspecified atom stereocenters. The minimum Gasteiger partial charge on any atom is -0.352 e. The van der Waals surface area contributed by atoms with E-state index >= 15 is 0 Å². The van der Waals surface area contributed by atoms with Crippen LogP contribution in [-0.4, -0.2) is 32.3 Å². The predicted molar refractivity (Wildman–Crippen MR) is 66.9 cm³/mol. The highest BCUT2D eigenvalue weighted by Gasteiger charge is 2.31. The number of hydrogen-bond acceptors (Lipinski definition) is 5. The van der Waals surface area contributed by atoms with E-state index in [1.54, 1.807) is 17.2 Å². The Hall–Kier alpha value is -2.16. The number of nitriles is 1. The summed E-state index contributed by atoms with van der Waals surface area (Å²) in [6.45, 7) is 0.724. The lowest BCUT2D eigenvalue weighted by atomic mass is 10.3. The van der Waals surface area contributed by atoms with Gasteiger partial charge in [-0.05, 0) is 12.8 Å². The number of anilines is 1. The standard InChI is InChI=1S/C12H14N6/c1-17-11-10(7-16-17)12(15-8-14-11)18(6-2-5-13)9-3-4-9/h7-9H,2-4,6H2,1H3. The fraction of sp³-hybridized carbons (Fsp3) is 0.500. The van der Waals surface area contributed by atoms with Crippen molar-refractivity contribution in [3.63, 3.8) is 0 Å². The van der Waals surface area contributed by atoms with Crippen molar-refractivity contribution in [2.45, 2.75) is 25.3 Å². The molecule has 0 atom stereocenters. The summed E-state index contributed by atoms with van der Waals surface area (Å²) in [6.07, 6.45) is 6.24. The van der Waals surface area contributed by atoms with E-state index in [1.165, 1.54) is 12.8 Å². The zero-order valence-electron chi connectivity index (χ0n) is 10.2. The van der Waals surface area contributed by atoms with Crippen molar-refractivity contribution in [3.05, 3.63) is 12.5 Å². The Morgan fingerprint density at radius 1 is 1.50 bits per heavy atom. The summed E-state index contributed by atoms with van der Waals surface area (Å²) in [5, 5.41) is 13.9. The van der Waals surface area contributed by atoms with Gasteiger partial charge in [0.15, 0.2) is 5.65 Å². The third-order valence-electron chi connectivity index (χ3n) is 3.23. The third kappa shape index (κ3) is 1.78. The Balaban J connectivity index is 2.03. The van der Waals surface area contributed by atoms with E-state index in [1.807, 2.05) is 7.05 Å². The molecule has 1 fully saturated rings. The molecule has 0 saturated heterocycles. The van der Waals surface area contributed by atoms with Gasteiger partial charge in [-0.2, -0.15) is 10.4 Å². The molecular formula is C12H14N6. The summed E-state index contributed by atoms with van der Waals surface area (Å²) in [5.74, 6) is 0.908. The van der Waals surface area contributed by atoms with E-state index in [0.29, 0.717) is 12.5 Å². The molecule has 1 aliphatic carbocycles. The van der Waals surface area contributed by atoms with Crippen molar-refractivity contribution >= 4 is 16.9 Å². The van der Waals surface area contributed by atoms with Crippen LogP contribution in [0.1, 0.15) is 19.3 Å². The first-order chi connectivity index (χ1) is 8.81. The van der Waals surface area contributed by atoms with Crippen LogP contribution in [0.2, 0.25) is 0 Å². The van der Waals surface area contributed by atoms with Gasteiger partial charge in [-0.3, -0.25) is 4.68 Å². The van der Waals surface area contributed by atoms with E-state index in [0.717, 1.165) is 23.4 Å².